The number of amides is 2. The summed E-state index contributed by atoms with van der Waals surface area (Å²) < 4.78 is 44.5. The number of benzene rings is 2. The van der Waals surface area contributed by atoms with Crippen molar-refractivity contribution in [3.8, 4) is 22.2 Å². The van der Waals surface area contributed by atoms with E-state index in [4.69, 9.17) is 4.74 Å². The first-order valence-corrected chi connectivity index (χ1v) is 11.6. The summed E-state index contributed by atoms with van der Waals surface area (Å²) >= 11 is 1.55. The van der Waals surface area contributed by atoms with Crippen LogP contribution in [0.3, 0.4) is 0 Å². The predicted molar refractivity (Wildman–Crippen MR) is 133 cm³/mol. The number of ether oxygens (including phenoxy) is 1. The summed E-state index contributed by atoms with van der Waals surface area (Å²) in [6.45, 7) is 4.40. The third-order valence-electron chi connectivity index (χ3n) is 4.88. The van der Waals surface area contributed by atoms with E-state index in [1.165, 1.54) is 18.5 Å². The summed E-state index contributed by atoms with van der Waals surface area (Å²) in [6, 6.07) is 9.81. The van der Waals surface area contributed by atoms with E-state index in [1.54, 1.807) is 36.6 Å². The van der Waals surface area contributed by atoms with Crippen LogP contribution in [0.2, 0.25) is 0 Å². The number of nitrogens with zero attached hydrogens (tertiary/aromatic N) is 3. The van der Waals surface area contributed by atoms with E-state index in [0.717, 1.165) is 34.2 Å². The Morgan fingerprint density at radius 2 is 1.72 bits per heavy atom. The fraction of sp³-hybridized carbons (Fsp3) is 0.167. The molecule has 2 aromatic carbocycles. The monoisotopic (exact) mass is 514 g/mol. The van der Waals surface area contributed by atoms with Crippen LogP contribution in [0.1, 0.15) is 18.1 Å². The van der Waals surface area contributed by atoms with Gasteiger partial charge in [0.25, 0.3) is 0 Å². The zero-order chi connectivity index (χ0) is 25.7. The molecule has 0 fully saturated rings. The number of thiazole rings is 1. The molecule has 0 saturated heterocycles. The number of carbonyl (C=O) groups excluding carboxylic acids is 1. The molecule has 0 aliphatic carbocycles. The molecule has 4 rings (SSSR count). The number of aromatic nitrogens is 3. The van der Waals surface area contributed by atoms with Crippen LogP contribution in [0.5, 0.6) is 11.8 Å². The number of hydrogen-bond acceptors (Lipinski definition) is 7. The Labute approximate surface area is 208 Å². The first-order chi connectivity index (χ1) is 17.2. The highest BCUT2D eigenvalue weighted by atomic mass is 32.1. The summed E-state index contributed by atoms with van der Waals surface area (Å²) in [7, 11) is 0. The maximum absolute atomic E-state index is 12.9. The van der Waals surface area contributed by atoms with Crippen molar-refractivity contribution in [2.24, 2.45) is 0 Å². The van der Waals surface area contributed by atoms with Gasteiger partial charge < -0.3 is 20.7 Å². The second-order valence-electron chi connectivity index (χ2n) is 7.55. The number of alkyl halides is 3. The highest BCUT2D eigenvalue weighted by Gasteiger charge is 2.31. The fourth-order valence-corrected chi connectivity index (χ4v) is 3.97. The van der Waals surface area contributed by atoms with Gasteiger partial charge in [0.15, 0.2) is 5.13 Å². The topological polar surface area (TPSA) is 101 Å². The standard InChI is InChI=1S/C24H21F3N6O2S/c1-3-28-23-31-13-20(36-23)15-5-8-18(9-6-15)35-22-29-11-17(12-30-22)32-21(34)33-19-10-16(24(25,26)27)7-4-14(19)2/h4-13H,3H2,1-2H3,(H,28,31)(H2,32,33,34). The van der Waals surface area contributed by atoms with E-state index in [9.17, 15) is 18.0 Å². The third kappa shape index (κ3) is 6.27. The minimum Gasteiger partial charge on any atom is -0.424 e. The lowest BCUT2D eigenvalue weighted by Gasteiger charge is -2.13. The molecule has 0 aliphatic heterocycles. The smallest absolute Gasteiger partial charge is 0.416 e. The van der Waals surface area contributed by atoms with Crippen LogP contribution in [0.25, 0.3) is 10.4 Å². The maximum atomic E-state index is 12.9. The molecule has 4 aromatic rings. The molecule has 2 aromatic heterocycles. The number of anilines is 3. The van der Waals surface area contributed by atoms with Crippen molar-refractivity contribution in [1.29, 1.82) is 0 Å². The summed E-state index contributed by atoms with van der Waals surface area (Å²) in [5.74, 6) is 0.522. The third-order valence-corrected chi connectivity index (χ3v) is 5.88. The maximum Gasteiger partial charge on any atom is 0.416 e. The Balaban J connectivity index is 1.35. The van der Waals surface area contributed by atoms with Gasteiger partial charge in [0, 0.05) is 18.4 Å². The first kappa shape index (κ1) is 24.9. The van der Waals surface area contributed by atoms with E-state index < -0.39 is 17.8 Å². The summed E-state index contributed by atoms with van der Waals surface area (Å²) in [6.07, 6.45) is -0.0526. The molecule has 0 atom stereocenters. The van der Waals surface area contributed by atoms with Crippen molar-refractivity contribution in [2.45, 2.75) is 20.0 Å². The largest absolute Gasteiger partial charge is 0.424 e. The van der Waals surface area contributed by atoms with Gasteiger partial charge in [-0.1, -0.05) is 17.4 Å². The minimum atomic E-state index is -4.51. The van der Waals surface area contributed by atoms with Gasteiger partial charge in [-0.2, -0.15) is 13.2 Å². The number of aryl methyl sites for hydroxylation is 1. The Morgan fingerprint density at radius 3 is 2.39 bits per heavy atom. The number of halogens is 3. The van der Waals surface area contributed by atoms with Crippen molar-refractivity contribution >= 4 is 33.9 Å². The van der Waals surface area contributed by atoms with Gasteiger partial charge in [-0.3, -0.25) is 0 Å². The lowest BCUT2D eigenvalue weighted by atomic mass is 10.1. The van der Waals surface area contributed by atoms with Crippen LogP contribution in [0, 0.1) is 6.92 Å². The van der Waals surface area contributed by atoms with Crippen molar-refractivity contribution in [3.05, 3.63) is 72.2 Å². The van der Waals surface area contributed by atoms with E-state index in [2.05, 4.69) is 30.9 Å². The summed E-state index contributed by atoms with van der Waals surface area (Å²) in [5.41, 5.74) is 0.903. The molecule has 0 aliphatic rings. The average molecular weight is 515 g/mol. The molecule has 0 saturated carbocycles. The zero-order valence-corrected chi connectivity index (χ0v) is 20.0. The van der Waals surface area contributed by atoms with Gasteiger partial charge >= 0.3 is 18.2 Å². The molecule has 8 nitrogen and oxygen atoms in total. The van der Waals surface area contributed by atoms with Gasteiger partial charge in [0.1, 0.15) is 5.75 Å². The average Bonchev–Trinajstić information content (AvgIpc) is 3.30. The van der Waals surface area contributed by atoms with E-state index in [-0.39, 0.29) is 17.4 Å². The van der Waals surface area contributed by atoms with Gasteiger partial charge in [0.05, 0.1) is 28.5 Å². The lowest BCUT2D eigenvalue weighted by molar-refractivity contribution is -0.137. The minimum absolute atomic E-state index is 0.0443. The molecule has 0 spiro atoms. The highest BCUT2D eigenvalue weighted by Crippen LogP contribution is 2.32. The van der Waals surface area contributed by atoms with Crippen molar-refractivity contribution in [2.75, 3.05) is 22.5 Å². The second-order valence-corrected chi connectivity index (χ2v) is 8.58. The molecule has 12 heteroatoms. The molecule has 2 heterocycles. The molecule has 3 N–H and O–H groups in total. The second kappa shape index (κ2) is 10.6. The first-order valence-electron chi connectivity index (χ1n) is 10.8. The van der Waals surface area contributed by atoms with Crippen molar-refractivity contribution in [3.63, 3.8) is 0 Å². The van der Waals surface area contributed by atoms with Crippen LogP contribution in [0.4, 0.5) is 34.5 Å². The Bertz CT molecular complexity index is 1340. The van der Waals surface area contributed by atoms with Gasteiger partial charge in [-0.25, -0.2) is 19.7 Å². The van der Waals surface area contributed by atoms with Gasteiger partial charge in [0.2, 0.25) is 0 Å². The molecular formula is C24H21F3N6O2S. The van der Waals surface area contributed by atoms with E-state index in [1.807, 2.05) is 19.1 Å². The molecule has 36 heavy (non-hydrogen) atoms. The van der Waals surface area contributed by atoms with Gasteiger partial charge in [-0.15, -0.1) is 0 Å². The van der Waals surface area contributed by atoms with Crippen LogP contribution in [-0.2, 0) is 6.18 Å². The quantitative estimate of drug-likeness (QED) is 0.251. The van der Waals surface area contributed by atoms with E-state index >= 15 is 0 Å². The number of carbonyl (C=O) groups is 1. The summed E-state index contributed by atoms with van der Waals surface area (Å²) in [4.78, 5) is 25.7. The highest BCUT2D eigenvalue weighted by molar-refractivity contribution is 7.18. The molecule has 186 valence electrons. The fourth-order valence-electron chi connectivity index (χ4n) is 3.08. The van der Waals surface area contributed by atoms with Crippen LogP contribution in [0.15, 0.2) is 61.1 Å². The van der Waals surface area contributed by atoms with Crippen LogP contribution >= 0.6 is 11.3 Å². The molecule has 0 unspecified atom stereocenters. The number of hydrogen-bond donors (Lipinski definition) is 3. The Kier molecular flexibility index (Phi) is 7.34. The SMILES string of the molecule is CCNc1ncc(-c2ccc(Oc3ncc(NC(=O)Nc4cc(C(F)(F)F)ccc4C)cn3)cc2)s1. The predicted octanol–water partition coefficient (Wildman–Crippen LogP) is 6.80. The summed E-state index contributed by atoms with van der Waals surface area (Å²) in [5, 5.41) is 8.92. The van der Waals surface area contributed by atoms with Crippen LogP contribution in [-0.4, -0.2) is 27.5 Å². The molecule has 0 radical (unpaired) electrons. The Morgan fingerprint density at radius 1 is 1.00 bits per heavy atom. The Hall–Kier alpha value is -4.19. The number of urea groups is 1. The van der Waals surface area contributed by atoms with Gasteiger partial charge in [-0.05, 0) is 61.4 Å². The lowest BCUT2D eigenvalue weighted by Crippen LogP contribution is -2.20. The molecule has 0 bridgehead atoms. The van der Waals surface area contributed by atoms with Crippen molar-refractivity contribution in [1.82, 2.24) is 15.0 Å². The van der Waals surface area contributed by atoms with E-state index in [0.29, 0.717) is 11.3 Å². The van der Waals surface area contributed by atoms with Crippen molar-refractivity contribution < 1.29 is 22.7 Å². The van der Waals surface area contributed by atoms with Crippen LogP contribution < -0.4 is 20.7 Å². The number of rotatable bonds is 7. The molecular weight excluding hydrogens is 493 g/mol. The zero-order valence-electron chi connectivity index (χ0n) is 19.2. The number of nitrogens with one attached hydrogen (secondary N) is 3. The molecule has 2 amide bonds. The normalized spacial score (nSPS) is 11.1.